The molecule has 0 spiro atoms. The fraction of sp³-hybridized carbons (Fsp3) is 0.500. The van der Waals surface area contributed by atoms with Crippen LogP contribution in [0.15, 0.2) is 18.2 Å². The highest BCUT2D eigenvalue weighted by atomic mass is 16.4. The van der Waals surface area contributed by atoms with Gasteiger partial charge in [0.2, 0.25) is 0 Å². The molecule has 2 amide bonds. The van der Waals surface area contributed by atoms with E-state index in [0.29, 0.717) is 5.92 Å². The van der Waals surface area contributed by atoms with E-state index in [-0.39, 0.29) is 18.5 Å². The van der Waals surface area contributed by atoms with Gasteiger partial charge in [0.15, 0.2) is 0 Å². The molecule has 0 radical (unpaired) electrons. The molecule has 1 aromatic carbocycles. The molecule has 1 aromatic rings. The van der Waals surface area contributed by atoms with Gasteiger partial charge >= 0.3 is 12.0 Å². The van der Waals surface area contributed by atoms with Gasteiger partial charge in [0.25, 0.3) is 0 Å². The smallest absolute Gasteiger partial charge is 0.321 e. The van der Waals surface area contributed by atoms with Crippen molar-refractivity contribution in [3.8, 4) is 0 Å². The fourth-order valence-electron chi connectivity index (χ4n) is 2.54. The normalized spacial score (nSPS) is 15.4. The van der Waals surface area contributed by atoms with Crippen LogP contribution in [0.2, 0.25) is 0 Å². The Labute approximate surface area is 125 Å². The monoisotopic (exact) mass is 290 g/mol. The summed E-state index contributed by atoms with van der Waals surface area (Å²) in [4.78, 5) is 24.7. The fourth-order valence-corrected chi connectivity index (χ4v) is 2.54. The highest BCUT2D eigenvalue weighted by Crippen LogP contribution is 2.34. The van der Waals surface area contributed by atoms with E-state index < -0.39 is 5.97 Å². The maximum absolute atomic E-state index is 12.3. The second kappa shape index (κ2) is 6.16. The lowest BCUT2D eigenvalue weighted by molar-refractivity contribution is -0.137. The van der Waals surface area contributed by atoms with Crippen molar-refractivity contribution in [2.24, 2.45) is 5.92 Å². The first-order valence-corrected chi connectivity index (χ1v) is 7.21. The van der Waals surface area contributed by atoms with Crippen molar-refractivity contribution in [1.29, 1.82) is 0 Å². The zero-order valence-electron chi connectivity index (χ0n) is 12.7. The Hall–Kier alpha value is -2.04. The largest absolute Gasteiger partial charge is 0.481 e. The van der Waals surface area contributed by atoms with Gasteiger partial charge in [-0.3, -0.25) is 9.69 Å². The van der Waals surface area contributed by atoms with Crippen molar-refractivity contribution in [2.45, 2.75) is 39.2 Å². The van der Waals surface area contributed by atoms with Gasteiger partial charge in [0.05, 0.1) is 6.42 Å². The van der Waals surface area contributed by atoms with E-state index in [9.17, 15) is 9.59 Å². The van der Waals surface area contributed by atoms with E-state index in [4.69, 9.17) is 5.11 Å². The third kappa shape index (κ3) is 4.21. The topological polar surface area (TPSA) is 69.6 Å². The first-order valence-electron chi connectivity index (χ1n) is 7.21. The van der Waals surface area contributed by atoms with Crippen molar-refractivity contribution < 1.29 is 14.7 Å². The number of aryl methyl sites for hydroxylation is 2. The summed E-state index contributed by atoms with van der Waals surface area (Å²) in [5, 5.41) is 11.8. The molecule has 2 N–H and O–H groups in total. The number of carbonyl (C=O) groups excluding carboxylic acids is 1. The molecule has 1 saturated carbocycles. The van der Waals surface area contributed by atoms with Crippen LogP contribution in [0.3, 0.4) is 0 Å². The van der Waals surface area contributed by atoms with Crippen LogP contribution < -0.4 is 10.2 Å². The number of benzene rings is 1. The Morgan fingerprint density at radius 1 is 1.29 bits per heavy atom. The van der Waals surface area contributed by atoms with Gasteiger partial charge in [-0.2, -0.15) is 0 Å². The average molecular weight is 290 g/mol. The van der Waals surface area contributed by atoms with E-state index in [0.717, 1.165) is 29.7 Å². The molecule has 1 fully saturated rings. The van der Waals surface area contributed by atoms with E-state index in [1.165, 1.54) is 4.90 Å². The number of urea groups is 1. The molecule has 0 heterocycles. The molecule has 114 valence electrons. The molecule has 2 rings (SSSR count). The van der Waals surface area contributed by atoms with E-state index in [1.807, 2.05) is 32.0 Å². The summed E-state index contributed by atoms with van der Waals surface area (Å²) in [6.07, 6.45) is 1.97. The Balaban J connectivity index is 2.05. The number of nitrogens with zero attached hydrogens (tertiary/aromatic N) is 1. The molecule has 0 aromatic heterocycles. The number of carboxylic acids is 1. The van der Waals surface area contributed by atoms with Crippen LogP contribution in [0.4, 0.5) is 10.5 Å². The number of carbonyl (C=O) groups is 2. The number of anilines is 1. The van der Waals surface area contributed by atoms with E-state index >= 15 is 0 Å². The lowest BCUT2D eigenvalue weighted by atomic mass is 10.1. The number of hydrogen-bond donors (Lipinski definition) is 2. The second-order valence-electron chi connectivity index (χ2n) is 5.90. The summed E-state index contributed by atoms with van der Waals surface area (Å²) in [6, 6.07) is 5.40. The van der Waals surface area contributed by atoms with Crippen molar-refractivity contribution in [1.82, 2.24) is 5.32 Å². The van der Waals surface area contributed by atoms with Crippen molar-refractivity contribution >= 4 is 17.7 Å². The number of hydrogen-bond acceptors (Lipinski definition) is 2. The average Bonchev–Trinajstić information content (AvgIpc) is 3.19. The van der Waals surface area contributed by atoms with Crippen molar-refractivity contribution in [2.75, 3.05) is 11.9 Å². The first-order chi connectivity index (χ1) is 9.86. The molecule has 1 unspecified atom stereocenters. The molecule has 1 aliphatic rings. The standard InChI is InChI=1S/C16H22N2O3/c1-10-6-11(2)8-13(7-10)18(3)16(21)17-14(9-15(19)20)12-4-5-12/h6-8,12,14H,4-5,9H2,1-3H3,(H,17,21)(H,19,20). The van der Waals surface area contributed by atoms with Crippen LogP contribution in [-0.4, -0.2) is 30.2 Å². The van der Waals surface area contributed by atoms with Crippen LogP contribution in [-0.2, 0) is 4.79 Å². The lowest BCUT2D eigenvalue weighted by Gasteiger charge is -2.23. The third-order valence-electron chi connectivity index (χ3n) is 3.79. The van der Waals surface area contributed by atoms with Gasteiger partial charge in [0, 0.05) is 18.8 Å². The Bertz CT molecular complexity index is 532. The quantitative estimate of drug-likeness (QED) is 0.876. The summed E-state index contributed by atoms with van der Waals surface area (Å²) in [6.45, 7) is 3.97. The van der Waals surface area contributed by atoms with Crippen molar-refractivity contribution in [3.05, 3.63) is 29.3 Å². The molecule has 1 aliphatic carbocycles. The predicted molar refractivity (Wildman–Crippen MR) is 81.6 cm³/mol. The predicted octanol–water partition coefficient (Wildman–Crippen LogP) is 2.70. The Morgan fingerprint density at radius 3 is 2.33 bits per heavy atom. The van der Waals surface area contributed by atoms with Crippen LogP contribution >= 0.6 is 0 Å². The Kier molecular flexibility index (Phi) is 4.50. The second-order valence-corrected chi connectivity index (χ2v) is 5.90. The maximum atomic E-state index is 12.3. The molecule has 0 bridgehead atoms. The minimum atomic E-state index is -0.874. The van der Waals surface area contributed by atoms with Gasteiger partial charge in [-0.05, 0) is 55.9 Å². The number of carboxylic acid groups (broad SMARTS) is 1. The highest BCUT2D eigenvalue weighted by Gasteiger charge is 2.34. The minimum Gasteiger partial charge on any atom is -0.481 e. The van der Waals surface area contributed by atoms with Crippen LogP contribution in [0, 0.1) is 19.8 Å². The summed E-state index contributed by atoms with van der Waals surface area (Å²) >= 11 is 0. The van der Waals surface area contributed by atoms with Crippen LogP contribution in [0.25, 0.3) is 0 Å². The summed E-state index contributed by atoms with van der Waals surface area (Å²) < 4.78 is 0. The molecular weight excluding hydrogens is 268 g/mol. The van der Waals surface area contributed by atoms with Gasteiger partial charge in [0.1, 0.15) is 0 Å². The van der Waals surface area contributed by atoms with Crippen molar-refractivity contribution in [3.63, 3.8) is 0 Å². The summed E-state index contributed by atoms with van der Waals surface area (Å²) in [7, 11) is 1.70. The van der Waals surface area contributed by atoms with Gasteiger partial charge < -0.3 is 10.4 Å². The minimum absolute atomic E-state index is 0.0168. The highest BCUT2D eigenvalue weighted by molar-refractivity contribution is 5.92. The molecule has 1 atom stereocenters. The van der Waals surface area contributed by atoms with Crippen LogP contribution in [0.5, 0.6) is 0 Å². The Morgan fingerprint density at radius 2 is 1.86 bits per heavy atom. The molecule has 5 nitrogen and oxygen atoms in total. The maximum Gasteiger partial charge on any atom is 0.321 e. The molecule has 0 saturated heterocycles. The number of amides is 2. The zero-order chi connectivity index (χ0) is 15.6. The molecular formula is C16H22N2O3. The number of aliphatic carboxylic acids is 1. The zero-order valence-corrected chi connectivity index (χ0v) is 12.7. The van der Waals surface area contributed by atoms with E-state index in [1.54, 1.807) is 7.05 Å². The number of rotatable bonds is 5. The lowest BCUT2D eigenvalue weighted by Crippen LogP contribution is -2.45. The molecule has 21 heavy (non-hydrogen) atoms. The number of nitrogens with one attached hydrogen (secondary N) is 1. The van der Waals surface area contributed by atoms with E-state index in [2.05, 4.69) is 5.32 Å². The third-order valence-corrected chi connectivity index (χ3v) is 3.79. The van der Waals surface area contributed by atoms with Gasteiger partial charge in [-0.25, -0.2) is 4.79 Å². The summed E-state index contributed by atoms with van der Waals surface area (Å²) in [5.74, 6) is -0.570. The molecule has 0 aliphatic heterocycles. The van der Waals surface area contributed by atoms with Crippen LogP contribution in [0.1, 0.15) is 30.4 Å². The molecule has 5 heteroatoms. The first kappa shape index (κ1) is 15.4. The summed E-state index contributed by atoms with van der Waals surface area (Å²) in [5.41, 5.74) is 3.00. The van der Waals surface area contributed by atoms with Gasteiger partial charge in [-0.15, -0.1) is 0 Å². The van der Waals surface area contributed by atoms with Gasteiger partial charge in [-0.1, -0.05) is 6.07 Å². The SMILES string of the molecule is Cc1cc(C)cc(N(C)C(=O)NC(CC(=O)O)C2CC2)c1.